The summed E-state index contributed by atoms with van der Waals surface area (Å²) in [5.74, 6) is -0.138. The number of benzene rings is 2. The van der Waals surface area contributed by atoms with E-state index in [9.17, 15) is 4.79 Å². The van der Waals surface area contributed by atoms with Crippen molar-refractivity contribution in [2.45, 2.75) is 20.4 Å². The van der Waals surface area contributed by atoms with E-state index in [2.05, 4.69) is 15.6 Å². The molecule has 4 heteroatoms. The Bertz CT molecular complexity index is 855. The van der Waals surface area contributed by atoms with E-state index >= 15 is 0 Å². The molecule has 2 N–H and O–H groups in total. The van der Waals surface area contributed by atoms with Crippen molar-refractivity contribution in [1.82, 2.24) is 10.3 Å². The van der Waals surface area contributed by atoms with Gasteiger partial charge in [0, 0.05) is 18.4 Å². The largest absolute Gasteiger partial charge is 0.354 e. The highest BCUT2D eigenvalue weighted by Gasteiger charge is 2.07. The van der Waals surface area contributed by atoms with Crippen molar-refractivity contribution < 1.29 is 4.79 Å². The van der Waals surface area contributed by atoms with Crippen molar-refractivity contribution in [1.29, 1.82) is 0 Å². The molecule has 0 aliphatic heterocycles. The second-order valence-electron chi connectivity index (χ2n) is 6.12. The summed E-state index contributed by atoms with van der Waals surface area (Å²) < 4.78 is 0. The van der Waals surface area contributed by atoms with Crippen molar-refractivity contribution in [3.8, 4) is 0 Å². The summed E-state index contributed by atoms with van der Waals surface area (Å²) in [5.41, 5.74) is 5.75. The van der Waals surface area contributed by atoms with Crippen LogP contribution < -0.4 is 10.6 Å². The first-order valence-electron chi connectivity index (χ1n) is 8.23. The molecule has 25 heavy (non-hydrogen) atoms. The Morgan fingerprint density at radius 3 is 2.20 bits per heavy atom. The van der Waals surface area contributed by atoms with Gasteiger partial charge in [0.25, 0.3) is 5.91 Å². The zero-order valence-electron chi connectivity index (χ0n) is 14.4. The molecule has 0 aliphatic rings. The first-order valence-corrected chi connectivity index (χ1v) is 8.23. The Hall–Kier alpha value is -3.14. The molecule has 0 saturated heterocycles. The number of amides is 1. The maximum atomic E-state index is 12.4. The predicted octanol–water partition coefficient (Wildman–Crippen LogP) is 4.37. The van der Waals surface area contributed by atoms with Crippen molar-refractivity contribution in [3.63, 3.8) is 0 Å². The lowest BCUT2D eigenvalue weighted by Gasteiger charge is -2.09. The quantitative estimate of drug-likeness (QED) is 0.730. The van der Waals surface area contributed by atoms with Crippen LogP contribution in [-0.2, 0) is 6.54 Å². The van der Waals surface area contributed by atoms with Crippen LogP contribution in [0.3, 0.4) is 0 Å². The molecule has 0 unspecified atom stereocenters. The fraction of sp³-hybridized carbons (Fsp3) is 0.143. The molecule has 4 nitrogen and oxygen atoms in total. The van der Waals surface area contributed by atoms with Crippen LogP contribution in [0.15, 0.2) is 67.0 Å². The number of pyridine rings is 1. The zero-order valence-corrected chi connectivity index (χ0v) is 14.4. The first-order chi connectivity index (χ1) is 12.1. The number of anilines is 2. The van der Waals surface area contributed by atoms with Gasteiger partial charge >= 0.3 is 0 Å². The van der Waals surface area contributed by atoms with Gasteiger partial charge in [-0.3, -0.25) is 9.78 Å². The highest BCUT2D eigenvalue weighted by atomic mass is 16.1. The van der Waals surface area contributed by atoms with E-state index < -0.39 is 0 Å². The highest BCUT2D eigenvalue weighted by Crippen LogP contribution is 2.17. The third-order valence-corrected chi connectivity index (χ3v) is 3.91. The Balaban J connectivity index is 1.64. The normalized spacial score (nSPS) is 10.3. The fourth-order valence-corrected chi connectivity index (χ4v) is 2.43. The molecule has 1 aromatic heterocycles. The lowest BCUT2D eigenvalue weighted by Crippen LogP contribution is -2.23. The minimum Gasteiger partial charge on any atom is -0.354 e. The van der Waals surface area contributed by atoms with Crippen LogP contribution in [0.2, 0.25) is 0 Å². The number of aryl methyl sites for hydroxylation is 2. The van der Waals surface area contributed by atoms with Crippen molar-refractivity contribution in [3.05, 3.63) is 89.2 Å². The molecule has 0 radical (unpaired) electrons. The second kappa shape index (κ2) is 7.62. The van der Waals surface area contributed by atoms with Crippen molar-refractivity contribution >= 4 is 17.3 Å². The van der Waals surface area contributed by atoms with Gasteiger partial charge in [-0.05, 0) is 37.6 Å². The summed E-state index contributed by atoms with van der Waals surface area (Å²) in [4.78, 5) is 16.5. The van der Waals surface area contributed by atoms with Gasteiger partial charge in [0.15, 0.2) is 0 Å². The van der Waals surface area contributed by atoms with E-state index in [1.54, 1.807) is 18.5 Å². The van der Waals surface area contributed by atoms with Crippen molar-refractivity contribution in [2.75, 3.05) is 5.32 Å². The molecule has 0 bridgehead atoms. The van der Waals surface area contributed by atoms with Crippen LogP contribution in [0.4, 0.5) is 11.4 Å². The second-order valence-corrected chi connectivity index (χ2v) is 6.12. The summed E-state index contributed by atoms with van der Waals surface area (Å²) in [5, 5.41) is 6.19. The molecular formula is C21H21N3O. The topological polar surface area (TPSA) is 54.0 Å². The molecule has 126 valence electrons. The SMILES string of the molecule is Cc1ccc(CNC(=O)c2cncc(Nc3ccc(C)cc3)c2)cc1. The van der Waals surface area contributed by atoms with Gasteiger partial charge < -0.3 is 10.6 Å². The third kappa shape index (κ3) is 4.67. The standard InChI is InChI=1S/C21H21N3O/c1-15-3-7-17(8-4-15)12-23-21(25)18-11-20(14-22-13-18)24-19-9-5-16(2)6-10-19/h3-11,13-14,24H,12H2,1-2H3,(H,23,25). The molecule has 3 rings (SSSR count). The molecule has 0 spiro atoms. The molecule has 1 heterocycles. The van der Waals surface area contributed by atoms with Gasteiger partial charge in [0.1, 0.15) is 0 Å². The van der Waals surface area contributed by atoms with E-state index in [1.807, 2.05) is 62.4 Å². The molecule has 2 aromatic carbocycles. The van der Waals surface area contributed by atoms with Gasteiger partial charge in [-0.25, -0.2) is 0 Å². The lowest BCUT2D eigenvalue weighted by molar-refractivity contribution is 0.0950. The number of nitrogens with zero attached hydrogens (tertiary/aromatic N) is 1. The first kappa shape index (κ1) is 16.7. The molecule has 0 atom stereocenters. The van der Waals surface area contributed by atoms with Gasteiger partial charge in [0.05, 0.1) is 17.4 Å². The molecule has 0 fully saturated rings. The molecule has 0 saturated carbocycles. The van der Waals surface area contributed by atoms with E-state index in [4.69, 9.17) is 0 Å². The lowest BCUT2D eigenvalue weighted by atomic mass is 10.1. The maximum absolute atomic E-state index is 12.4. The van der Waals surface area contributed by atoms with Crippen LogP contribution in [0, 0.1) is 13.8 Å². The van der Waals surface area contributed by atoms with Gasteiger partial charge in [0.2, 0.25) is 0 Å². The van der Waals surface area contributed by atoms with Gasteiger partial charge in [-0.1, -0.05) is 47.5 Å². The van der Waals surface area contributed by atoms with Crippen LogP contribution in [-0.4, -0.2) is 10.9 Å². The highest BCUT2D eigenvalue weighted by molar-refractivity contribution is 5.94. The zero-order chi connectivity index (χ0) is 17.6. The number of aromatic nitrogens is 1. The number of carbonyl (C=O) groups is 1. The van der Waals surface area contributed by atoms with E-state index in [0.717, 1.165) is 16.9 Å². The monoisotopic (exact) mass is 331 g/mol. The summed E-state index contributed by atoms with van der Waals surface area (Å²) in [6.07, 6.45) is 3.28. The number of hydrogen-bond acceptors (Lipinski definition) is 3. The molecule has 0 aliphatic carbocycles. The Kier molecular flexibility index (Phi) is 5.09. The third-order valence-electron chi connectivity index (χ3n) is 3.91. The van der Waals surface area contributed by atoms with E-state index in [-0.39, 0.29) is 5.91 Å². The molecular weight excluding hydrogens is 310 g/mol. The minimum absolute atomic E-state index is 0.138. The minimum atomic E-state index is -0.138. The number of rotatable bonds is 5. The summed E-state index contributed by atoms with van der Waals surface area (Å²) in [7, 11) is 0. The summed E-state index contributed by atoms with van der Waals surface area (Å²) in [6, 6.07) is 18.0. The van der Waals surface area contributed by atoms with Crippen LogP contribution in [0.25, 0.3) is 0 Å². The van der Waals surface area contributed by atoms with Gasteiger partial charge in [-0.15, -0.1) is 0 Å². The number of carbonyl (C=O) groups excluding carboxylic acids is 1. The van der Waals surface area contributed by atoms with Crippen molar-refractivity contribution in [2.24, 2.45) is 0 Å². The van der Waals surface area contributed by atoms with Crippen LogP contribution >= 0.6 is 0 Å². The Labute approximate surface area is 147 Å². The summed E-state index contributed by atoms with van der Waals surface area (Å²) in [6.45, 7) is 4.58. The van der Waals surface area contributed by atoms with E-state index in [1.165, 1.54) is 11.1 Å². The average molecular weight is 331 g/mol. The van der Waals surface area contributed by atoms with Crippen LogP contribution in [0.5, 0.6) is 0 Å². The molecule has 3 aromatic rings. The number of hydrogen-bond donors (Lipinski definition) is 2. The smallest absolute Gasteiger partial charge is 0.253 e. The fourth-order valence-electron chi connectivity index (χ4n) is 2.43. The number of nitrogens with one attached hydrogen (secondary N) is 2. The Morgan fingerprint density at radius 2 is 1.52 bits per heavy atom. The predicted molar refractivity (Wildman–Crippen MR) is 101 cm³/mol. The van der Waals surface area contributed by atoms with Gasteiger partial charge in [-0.2, -0.15) is 0 Å². The maximum Gasteiger partial charge on any atom is 0.253 e. The molecule has 1 amide bonds. The average Bonchev–Trinajstić information content (AvgIpc) is 2.63. The van der Waals surface area contributed by atoms with Crippen LogP contribution in [0.1, 0.15) is 27.0 Å². The Morgan fingerprint density at radius 1 is 0.880 bits per heavy atom. The van der Waals surface area contributed by atoms with E-state index in [0.29, 0.717) is 12.1 Å². The summed E-state index contributed by atoms with van der Waals surface area (Å²) >= 11 is 0.